The van der Waals surface area contributed by atoms with Gasteiger partial charge in [-0.3, -0.25) is 14.9 Å². The van der Waals surface area contributed by atoms with Crippen LogP contribution in [0.2, 0.25) is 0 Å². The second-order valence-corrected chi connectivity index (χ2v) is 4.93. The summed E-state index contributed by atoms with van der Waals surface area (Å²) < 4.78 is 10.7. The van der Waals surface area contributed by atoms with Gasteiger partial charge in [0.05, 0.1) is 25.4 Å². The summed E-state index contributed by atoms with van der Waals surface area (Å²) in [6.45, 7) is 0. The molecule has 1 heterocycles. The highest BCUT2D eigenvalue weighted by Crippen LogP contribution is 2.38. The van der Waals surface area contributed by atoms with Crippen LogP contribution in [-0.4, -0.2) is 26.0 Å². The molecule has 1 N–H and O–H groups in total. The number of carbonyl (C=O) groups excluding carboxylic acids is 2. The predicted molar refractivity (Wildman–Crippen MR) is 86.0 cm³/mol. The fourth-order valence-electron chi connectivity index (χ4n) is 2.67. The van der Waals surface area contributed by atoms with Gasteiger partial charge in [-0.25, -0.2) is 0 Å². The number of benzene rings is 2. The van der Waals surface area contributed by atoms with Gasteiger partial charge in [-0.1, -0.05) is 36.4 Å². The van der Waals surface area contributed by atoms with Crippen molar-refractivity contribution >= 4 is 23.0 Å². The summed E-state index contributed by atoms with van der Waals surface area (Å²) in [5, 5.41) is 2.35. The van der Waals surface area contributed by atoms with E-state index in [9.17, 15) is 9.59 Å². The number of hydrogen-bond acceptors (Lipinski definition) is 4. The van der Waals surface area contributed by atoms with E-state index in [0.29, 0.717) is 22.6 Å². The third-order valence-corrected chi connectivity index (χ3v) is 3.68. The predicted octanol–water partition coefficient (Wildman–Crippen LogP) is 2.27. The highest BCUT2D eigenvalue weighted by molar-refractivity contribution is 6.49. The number of hydrogen-bond donors (Lipinski definition) is 1. The van der Waals surface area contributed by atoms with Crippen molar-refractivity contribution in [3.63, 3.8) is 0 Å². The van der Waals surface area contributed by atoms with Gasteiger partial charge in [0.2, 0.25) is 0 Å². The molecule has 0 saturated heterocycles. The van der Waals surface area contributed by atoms with Gasteiger partial charge in [-0.05, 0) is 12.1 Å². The normalized spacial score (nSPS) is 14.0. The van der Waals surface area contributed by atoms with Crippen molar-refractivity contribution in [1.82, 2.24) is 5.32 Å². The summed E-state index contributed by atoms with van der Waals surface area (Å²) in [7, 11) is 3.05. The first-order chi connectivity index (χ1) is 11.2. The van der Waals surface area contributed by atoms with Crippen LogP contribution in [0.25, 0.3) is 11.1 Å². The van der Waals surface area contributed by atoms with Gasteiger partial charge in [0, 0.05) is 11.1 Å². The van der Waals surface area contributed by atoms with E-state index in [4.69, 9.17) is 9.47 Å². The van der Waals surface area contributed by atoms with Crippen molar-refractivity contribution in [3.8, 4) is 11.5 Å². The molecule has 0 fully saturated rings. The molecule has 2 aromatic carbocycles. The minimum absolute atomic E-state index is 0.289. The maximum Gasteiger partial charge on any atom is 0.259 e. The lowest BCUT2D eigenvalue weighted by atomic mass is 9.95. The molecule has 0 aromatic heterocycles. The first kappa shape index (κ1) is 14.8. The summed E-state index contributed by atoms with van der Waals surface area (Å²) in [6.07, 6.45) is 0. The Balaban J connectivity index is 2.31. The summed E-state index contributed by atoms with van der Waals surface area (Å²) in [5.41, 5.74) is 1.72. The van der Waals surface area contributed by atoms with E-state index >= 15 is 0 Å². The number of amides is 2. The standard InChI is InChI=1S/C18H15NO4/c1-22-13-9-5-3-7-11(13)15-16(18(21)19-17(15)20)12-8-4-6-10-14(12)23-2/h3-10H,1-2H3,(H,19,20,21). The zero-order valence-electron chi connectivity index (χ0n) is 12.8. The van der Waals surface area contributed by atoms with Gasteiger partial charge in [-0.15, -0.1) is 0 Å². The number of nitrogens with one attached hydrogen (secondary N) is 1. The highest BCUT2D eigenvalue weighted by atomic mass is 16.5. The number of ether oxygens (including phenoxy) is 2. The molecule has 0 radical (unpaired) electrons. The van der Waals surface area contributed by atoms with Gasteiger partial charge >= 0.3 is 0 Å². The second kappa shape index (κ2) is 5.96. The Labute approximate surface area is 133 Å². The van der Waals surface area contributed by atoms with Crippen LogP contribution in [0.1, 0.15) is 11.1 Å². The summed E-state index contributed by atoms with van der Waals surface area (Å²) >= 11 is 0. The molecular weight excluding hydrogens is 294 g/mol. The fourth-order valence-corrected chi connectivity index (χ4v) is 2.67. The van der Waals surface area contributed by atoms with Crippen molar-refractivity contribution in [2.24, 2.45) is 0 Å². The van der Waals surface area contributed by atoms with Crippen molar-refractivity contribution in [3.05, 3.63) is 59.7 Å². The Morgan fingerprint density at radius 2 is 1.09 bits per heavy atom. The molecule has 2 amide bonds. The van der Waals surface area contributed by atoms with Gasteiger partial charge < -0.3 is 9.47 Å². The summed E-state index contributed by atoms with van der Waals surface area (Å²) in [5.74, 6) is 0.167. The van der Waals surface area contributed by atoms with Crippen molar-refractivity contribution in [1.29, 1.82) is 0 Å². The van der Waals surface area contributed by atoms with Gasteiger partial charge in [0.25, 0.3) is 11.8 Å². The average molecular weight is 309 g/mol. The Bertz CT molecular complexity index is 756. The lowest BCUT2D eigenvalue weighted by Gasteiger charge is -2.11. The number of para-hydroxylation sites is 2. The van der Waals surface area contributed by atoms with E-state index in [2.05, 4.69) is 5.32 Å². The molecule has 0 bridgehead atoms. The van der Waals surface area contributed by atoms with Crippen molar-refractivity contribution < 1.29 is 19.1 Å². The Morgan fingerprint density at radius 1 is 0.696 bits per heavy atom. The molecule has 5 heteroatoms. The van der Waals surface area contributed by atoms with E-state index < -0.39 is 11.8 Å². The maximum absolute atomic E-state index is 12.4. The summed E-state index contributed by atoms with van der Waals surface area (Å²) in [6, 6.07) is 14.2. The number of imide groups is 1. The molecule has 0 aliphatic carbocycles. The SMILES string of the molecule is COc1ccccc1C1=C(c2ccccc2OC)C(=O)NC1=O. The molecule has 0 atom stereocenters. The third-order valence-electron chi connectivity index (χ3n) is 3.68. The molecule has 0 saturated carbocycles. The molecule has 5 nitrogen and oxygen atoms in total. The zero-order valence-corrected chi connectivity index (χ0v) is 12.8. The average Bonchev–Trinajstić information content (AvgIpc) is 2.88. The minimum Gasteiger partial charge on any atom is -0.496 e. The largest absolute Gasteiger partial charge is 0.496 e. The quantitative estimate of drug-likeness (QED) is 0.880. The van der Waals surface area contributed by atoms with Crippen LogP contribution in [0.3, 0.4) is 0 Å². The first-order valence-corrected chi connectivity index (χ1v) is 7.04. The minimum atomic E-state index is -0.444. The van der Waals surface area contributed by atoms with Crippen LogP contribution in [-0.2, 0) is 9.59 Å². The van der Waals surface area contributed by atoms with Gasteiger partial charge in [0.15, 0.2) is 0 Å². The molecule has 1 aliphatic rings. The van der Waals surface area contributed by atoms with Gasteiger partial charge in [0.1, 0.15) is 11.5 Å². The molecule has 23 heavy (non-hydrogen) atoms. The van der Waals surface area contributed by atoms with Crippen LogP contribution in [0.15, 0.2) is 48.5 Å². The zero-order chi connectivity index (χ0) is 16.4. The van der Waals surface area contributed by atoms with Gasteiger partial charge in [-0.2, -0.15) is 0 Å². The van der Waals surface area contributed by atoms with E-state index in [1.807, 2.05) is 0 Å². The fraction of sp³-hybridized carbons (Fsp3) is 0.111. The van der Waals surface area contributed by atoms with E-state index in [1.54, 1.807) is 48.5 Å². The van der Waals surface area contributed by atoms with Crippen LogP contribution in [0, 0.1) is 0 Å². The second-order valence-electron chi connectivity index (χ2n) is 4.93. The monoisotopic (exact) mass is 309 g/mol. The third kappa shape index (κ3) is 2.46. The molecular formula is C18H15NO4. The lowest BCUT2D eigenvalue weighted by Crippen LogP contribution is -2.22. The highest BCUT2D eigenvalue weighted by Gasteiger charge is 2.34. The van der Waals surface area contributed by atoms with Crippen LogP contribution in [0.5, 0.6) is 11.5 Å². The Hall–Kier alpha value is -3.08. The number of carbonyl (C=O) groups is 2. The van der Waals surface area contributed by atoms with E-state index in [0.717, 1.165) is 0 Å². The van der Waals surface area contributed by atoms with Crippen molar-refractivity contribution in [2.75, 3.05) is 14.2 Å². The molecule has 116 valence electrons. The Kier molecular flexibility index (Phi) is 3.85. The molecule has 0 unspecified atom stereocenters. The molecule has 3 rings (SSSR count). The van der Waals surface area contributed by atoms with Crippen molar-refractivity contribution in [2.45, 2.75) is 0 Å². The number of methoxy groups -OCH3 is 2. The van der Waals surface area contributed by atoms with Crippen LogP contribution in [0.4, 0.5) is 0 Å². The lowest BCUT2D eigenvalue weighted by molar-refractivity contribution is -0.122. The molecule has 0 spiro atoms. The van der Waals surface area contributed by atoms with Crippen LogP contribution >= 0.6 is 0 Å². The topological polar surface area (TPSA) is 64.6 Å². The number of rotatable bonds is 4. The van der Waals surface area contributed by atoms with E-state index in [-0.39, 0.29) is 11.1 Å². The molecule has 1 aliphatic heterocycles. The first-order valence-electron chi connectivity index (χ1n) is 7.04. The van der Waals surface area contributed by atoms with Crippen LogP contribution < -0.4 is 14.8 Å². The Morgan fingerprint density at radius 3 is 1.48 bits per heavy atom. The van der Waals surface area contributed by atoms with E-state index in [1.165, 1.54) is 14.2 Å². The molecule has 2 aromatic rings. The summed E-state index contributed by atoms with van der Waals surface area (Å²) in [4.78, 5) is 24.7. The maximum atomic E-state index is 12.4. The smallest absolute Gasteiger partial charge is 0.259 e.